The van der Waals surface area contributed by atoms with Crippen LogP contribution in [0.25, 0.3) is 0 Å². The third kappa shape index (κ3) is 3.99. The minimum absolute atomic E-state index is 0.315. The molecule has 34 heavy (non-hydrogen) atoms. The molecule has 6 bridgehead atoms. The maximum Gasteiger partial charge on any atom is 0.295 e. The van der Waals surface area contributed by atoms with Crippen LogP contribution in [-0.4, -0.2) is 13.0 Å². The van der Waals surface area contributed by atoms with Crippen molar-refractivity contribution in [3.8, 4) is 0 Å². The molecule has 6 aliphatic rings. The molecule has 4 heteroatoms. The van der Waals surface area contributed by atoms with Gasteiger partial charge in [-0.05, 0) is 147 Å². The molecule has 0 heterocycles. The quantitative estimate of drug-likeness (QED) is 0.432. The minimum atomic E-state index is -4.23. The summed E-state index contributed by atoms with van der Waals surface area (Å²) in [5.74, 6) is 7.05. The van der Waals surface area contributed by atoms with Gasteiger partial charge in [-0.2, -0.15) is 8.42 Å². The SMILES string of the molecule is O=S(=O)(O)c1c(CC2CC3CCC2C3)cc(CC2CC3CCC2C3)cc1CC1CC2CCC1C2. The monoisotopic (exact) mass is 482 g/mol. The maximum atomic E-state index is 12.9. The smallest absolute Gasteiger partial charge is 0.282 e. The Bertz CT molecular complexity index is 1010. The minimum Gasteiger partial charge on any atom is -0.282 e. The fourth-order valence-corrected chi connectivity index (χ4v) is 11.3. The van der Waals surface area contributed by atoms with Crippen LogP contribution in [0.1, 0.15) is 93.7 Å². The van der Waals surface area contributed by atoms with Gasteiger partial charge in [0.25, 0.3) is 10.1 Å². The second kappa shape index (κ2) is 8.33. The van der Waals surface area contributed by atoms with Crippen molar-refractivity contribution in [2.75, 3.05) is 0 Å². The lowest BCUT2D eigenvalue weighted by Crippen LogP contribution is -2.20. The molecule has 0 aromatic heterocycles. The Kier molecular flexibility index (Phi) is 5.47. The van der Waals surface area contributed by atoms with E-state index in [0.717, 1.165) is 71.8 Å². The van der Waals surface area contributed by atoms with Gasteiger partial charge in [0.05, 0.1) is 0 Å². The first kappa shape index (κ1) is 22.3. The Labute approximate surface area is 206 Å². The van der Waals surface area contributed by atoms with E-state index in [4.69, 9.17) is 0 Å². The van der Waals surface area contributed by atoms with E-state index in [2.05, 4.69) is 12.1 Å². The zero-order chi connectivity index (χ0) is 23.0. The zero-order valence-electron chi connectivity index (χ0n) is 20.6. The molecule has 0 spiro atoms. The van der Waals surface area contributed by atoms with Gasteiger partial charge in [-0.15, -0.1) is 0 Å². The summed E-state index contributed by atoms with van der Waals surface area (Å²) in [4.78, 5) is 0.315. The molecular formula is C30H42O3S. The maximum absolute atomic E-state index is 12.9. The van der Waals surface area contributed by atoms with Crippen molar-refractivity contribution in [3.63, 3.8) is 0 Å². The van der Waals surface area contributed by atoms with Crippen molar-refractivity contribution in [3.05, 3.63) is 28.8 Å². The Morgan fingerprint density at radius 1 is 0.618 bits per heavy atom. The topological polar surface area (TPSA) is 54.4 Å². The number of hydrogen-bond donors (Lipinski definition) is 1. The van der Waals surface area contributed by atoms with Crippen molar-refractivity contribution in [2.24, 2.45) is 53.3 Å². The van der Waals surface area contributed by atoms with Crippen molar-refractivity contribution < 1.29 is 13.0 Å². The fraction of sp³-hybridized carbons (Fsp3) is 0.800. The molecule has 6 aliphatic carbocycles. The van der Waals surface area contributed by atoms with Crippen LogP contribution in [0.15, 0.2) is 17.0 Å². The third-order valence-electron chi connectivity index (χ3n) is 11.7. The molecule has 7 rings (SSSR count). The van der Waals surface area contributed by atoms with Crippen molar-refractivity contribution >= 4 is 10.1 Å². The lowest BCUT2D eigenvalue weighted by Gasteiger charge is -2.27. The van der Waals surface area contributed by atoms with E-state index in [0.29, 0.717) is 16.7 Å². The van der Waals surface area contributed by atoms with Crippen LogP contribution >= 0.6 is 0 Å². The number of benzene rings is 1. The fourth-order valence-electron chi connectivity index (χ4n) is 10.3. The Morgan fingerprint density at radius 2 is 1.03 bits per heavy atom. The second-order valence-corrected chi connectivity index (χ2v) is 15.0. The largest absolute Gasteiger partial charge is 0.295 e. The van der Waals surface area contributed by atoms with E-state index in [9.17, 15) is 13.0 Å². The van der Waals surface area contributed by atoms with Gasteiger partial charge in [-0.25, -0.2) is 0 Å². The molecule has 9 atom stereocenters. The van der Waals surface area contributed by atoms with Crippen LogP contribution in [0.3, 0.4) is 0 Å². The molecule has 0 radical (unpaired) electrons. The predicted octanol–water partition coefficient (Wildman–Crippen LogP) is 6.87. The summed E-state index contributed by atoms with van der Waals surface area (Å²) in [6.07, 6.45) is 19.0. The molecule has 1 aromatic rings. The second-order valence-electron chi connectivity index (χ2n) is 13.6. The van der Waals surface area contributed by atoms with Crippen molar-refractivity contribution in [1.29, 1.82) is 0 Å². The summed E-state index contributed by atoms with van der Waals surface area (Å²) in [7, 11) is -4.23. The van der Waals surface area contributed by atoms with Crippen LogP contribution in [0.5, 0.6) is 0 Å². The summed E-state index contributed by atoms with van der Waals surface area (Å²) in [5.41, 5.74) is 3.28. The summed E-state index contributed by atoms with van der Waals surface area (Å²) in [6, 6.07) is 4.46. The van der Waals surface area contributed by atoms with Crippen molar-refractivity contribution in [2.45, 2.75) is 101 Å². The highest BCUT2D eigenvalue weighted by atomic mass is 32.2. The van der Waals surface area contributed by atoms with Crippen molar-refractivity contribution in [1.82, 2.24) is 0 Å². The Hall–Kier alpha value is -0.870. The standard InChI is InChI=1S/C30H42O3S/c31-34(32,33)30-28(16-26-11-19-2-5-23(26)8-19)14-21(13-25-10-18-1-4-22(25)7-18)15-29(30)17-27-12-20-3-6-24(27)9-20/h14-15,18-20,22-27H,1-13,16-17H2,(H,31,32,33). The summed E-state index contributed by atoms with van der Waals surface area (Å²) in [6.45, 7) is 0. The van der Waals surface area contributed by atoms with Crippen LogP contribution in [0.4, 0.5) is 0 Å². The number of hydrogen-bond acceptors (Lipinski definition) is 2. The molecular weight excluding hydrogens is 440 g/mol. The predicted molar refractivity (Wildman–Crippen MR) is 134 cm³/mol. The van der Waals surface area contributed by atoms with Crippen LogP contribution in [0, 0.1) is 53.3 Å². The molecule has 9 unspecified atom stereocenters. The van der Waals surface area contributed by atoms with Gasteiger partial charge >= 0.3 is 0 Å². The number of rotatable bonds is 7. The van der Waals surface area contributed by atoms with Gasteiger partial charge in [-0.3, -0.25) is 4.55 Å². The van der Waals surface area contributed by atoms with E-state index < -0.39 is 10.1 Å². The summed E-state index contributed by atoms with van der Waals surface area (Å²) < 4.78 is 36.2. The van der Waals surface area contributed by atoms with E-state index in [1.165, 1.54) is 82.6 Å². The van der Waals surface area contributed by atoms with Gasteiger partial charge in [0.2, 0.25) is 0 Å². The normalized spacial score (nSPS) is 42.3. The van der Waals surface area contributed by atoms with Crippen LogP contribution in [-0.2, 0) is 29.4 Å². The molecule has 6 fully saturated rings. The number of fused-ring (bicyclic) bond motifs is 6. The Morgan fingerprint density at radius 3 is 1.35 bits per heavy atom. The molecule has 1 aromatic carbocycles. The van der Waals surface area contributed by atoms with Gasteiger partial charge in [0.15, 0.2) is 0 Å². The highest BCUT2D eigenvalue weighted by Gasteiger charge is 2.43. The van der Waals surface area contributed by atoms with E-state index >= 15 is 0 Å². The lowest BCUT2D eigenvalue weighted by atomic mass is 9.80. The highest BCUT2D eigenvalue weighted by Crippen LogP contribution is 2.52. The van der Waals surface area contributed by atoms with Gasteiger partial charge in [-0.1, -0.05) is 31.4 Å². The summed E-state index contributed by atoms with van der Waals surface area (Å²) in [5, 5.41) is 0. The van der Waals surface area contributed by atoms with E-state index in [1.807, 2.05) is 0 Å². The lowest BCUT2D eigenvalue weighted by molar-refractivity contribution is 0.322. The van der Waals surface area contributed by atoms with Gasteiger partial charge < -0.3 is 0 Å². The molecule has 186 valence electrons. The van der Waals surface area contributed by atoms with Crippen LogP contribution < -0.4 is 0 Å². The van der Waals surface area contributed by atoms with Gasteiger partial charge in [0.1, 0.15) is 4.90 Å². The summed E-state index contributed by atoms with van der Waals surface area (Å²) >= 11 is 0. The van der Waals surface area contributed by atoms with E-state index in [1.54, 1.807) is 0 Å². The molecule has 0 saturated heterocycles. The molecule has 6 saturated carbocycles. The van der Waals surface area contributed by atoms with E-state index in [-0.39, 0.29) is 0 Å². The molecule has 3 nitrogen and oxygen atoms in total. The molecule has 0 aliphatic heterocycles. The van der Waals surface area contributed by atoms with Gasteiger partial charge in [0, 0.05) is 0 Å². The zero-order valence-corrected chi connectivity index (χ0v) is 21.4. The first-order valence-corrected chi connectivity index (χ1v) is 15.9. The van der Waals surface area contributed by atoms with Crippen LogP contribution in [0.2, 0.25) is 0 Å². The molecule has 1 N–H and O–H groups in total. The highest BCUT2D eigenvalue weighted by molar-refractivity contribution is 7.86. The third-order valence-corrected chi connectivity index (χ3v) is 12.7. The average Bonchev–Trinajstić information content (AvgIpc) is 3.61. The Balaban J connectivity index is 1.24. The average molecular weight is 483 g/mol. The first-order chi connectivity index (χ1) is 16.4. The first-order valence-electron chi connectivity index (χ1n) is 14.5. The molecule has 0 amide bonds.